The summed E-state index contributed by atoms with van der Waals surface area (Å²) in [6.07, 6.45) is 0.751. The maximum atomic E-state index is 13.9. The maximum absolute atomic E-state index is 13.9. The Morgan fingerprint density at radius 3 is 2.12 bits per heavy atom. The number of carbonyl (C=O) groups excluding carboxylic acids is 2. The third kappa shape index (κ3) is 5.78. The van der Waals surface area contributed by atoms with Crippen LogP contribution >= 0.6 is 0 Å². The van der Waals surface area contributed by atoms with Crippen molar-refractivity contribution in [2.75, 3.05) is 0 Å². The highest BCUT2D eigenvalue weighted by molar-refractivity contribution is 5.98. The van der Waals surface area contributed by atoms with Crippen molar-refractivity contribution in [3.8, 4) is 5.75 Å². The zero-order valence-electron chi connectivity index (χ0n) is 19.2. The Morgan fingerprint density at radius 2 is 1.44 bits per heavy atom. The standard InChI is InChI=1S/C30H27NO3/c1-23-10-8-9-15-27(23)20-31(19-24-11-4-2-5-12-24)30(33)28-18-26(21-32)16-17-29(28)34-22-25-13-6-3-7-14-25/h2-18,21H,19-20,22H2,1H3. The van der Waals surface area contributed by atoms with Crippen LogP contribution in [-0.4, -0.2) is 17.1 Å². The molecule has 4 nitrogen and oxygen atoms in total. The fourth-order valence-electron chi connectivity index (χ4n) is 3.82. The van der Waals surface area contributed by atoms with Gasteiger partial charge in [0, 0.05) is 18.7 Å². The summed E-state index contributed by atoms with van der Waals surface area (Å²) in [6, 6.07) is 32.7. The molecule has 0 aliphatic rings. The minimum Gasteiger partial charge on any atom is -0.488 e. The van der Waals surface area contributed by atoms with Gasteiger partial charge in [-0.3, -0.25) is 9.59 Å². The van der Waals surface area contributed by atoms with Gasteiger partial charge in [-0.1, -0.05) is 84.9 Å². The largest absolute Gasteiger partial charge is 0.488 e. The summed E-state index contributed by atoms with van der Waals surface area (Å²) in [6.45, 7) is 3.27. The lowest BCUT2D eigenvalue weighted by Crippen LogP contribution is -2.31. The van der Waals surface area contributed by atoms with Gasteiger partial charge < -0.3 is 9.64 Å². The number of nitrogens with zero attached hydrogens (tertiary/aromatic N) is 1. The lowest BCUT2D eigenvalue weighted by molar-refractivity contribution is 0.0725. The SMILES string of the molecule is Cc1ccccc1CN(Cc1ccccc1)C(=O)c1cc(C=O)ccc1OCc1ccccc1. The lowest BCUT2D eigenvalue weighted by atomic mass is 10.1. The van der Waals surface area contributed by atoms with Crippen molar-refractivity contribution in [3.63, 3.8) is 0 Å². The Balaban J connectivity index is 1.67. The van der Waals surface area contributed by atoms with E-state index < -0.39 is 0 Å². The second kappa shape index (κ2) is 11.1. The molecule has 0 unspecified atom stereocenters. The van der Waals surface area contributed by atoms with Crippen LogP contribution in [0.25, 0.3) is 0 Å². The molecule has 0 aromatic heterocycles. The molecule has 0 spiro atoms. The third-order valence-electron chi connectivity index (χ3n) is 5.73. The Labute approximate surface area is 200 Å². The summed E-state index contributed by atoms with van der Waals surface area (Å²) in [7, 11) is 0. The summed E-state index contributed by atoms with van der Waals surface area (Å²) in [5, 5.41) is 0. The quantitative estimate of drug-likeness (QED) is 0.285. The molecule has 34 heavy (non-hydrogen) atoms. The number of hydrogen-bond donors (Lipinski definition) is 0. The topological polar surface area (TPSA) is 46.6 Å². The lowest BCUT2D eigenvalue weighted by Gasteiger charge is -2.25. The Kier molecular flexibility index (Phi) is 7.51. The molecule has 1 amide bonds. The Hall–Kier alpha value is -4.18. The van der Waals surface area contributed by atoms with Gasteiger partial charge in [-0.25, -0.2) is 0 Å². The fourth-order valence-corrected chi connectivity index (χ4v) is 3.82. The average Bonchev–Trinajstić information content (AvgIpc) is 2.89. The first-order chi connectivity index (χ1) is 16.6. The van der Waals surface area contributed by atoms with E-state index in [0.717, 1.165) is 28.5 Å². The molecule has 4 heteroatoms. The van der Waals surface area contributed by atoms with Gasteiger partial charge in [-0.15, -0.1) is 0 Å². The zero-order chi connectivity index (χ0) is 23.8. The van der Waals surface area contributed by atoms with Crippen molar-refractivity contribution in [1.82, 2.24) is 4.90 Å². The zero-order valence-corrected chi connectivity index (χ0v) is 19.2. The van der Waals surface area contributed by atoms with Gasteiger partial charge in [0.05, 0.1) is 5.56 Å². The number of aryl methyl sites for hydroxylation is 1. The van der Waals surface area contributed by atoms with E-state index in [9.17, 15) is 9.59 Å². The molecule has 4 aromatic rings. The monoisotopic (exact) mass is 449 g/mol. The van der Waals surface area contributed by atoms with E-state index in [4.69, 9.17) is 4.74 Å². The van der Waals surface area contributed by atoms with E-state index in [0.29, 0.717) is 36.6 Å². The summed E-state index contributed by atoms with van der Waals surface area (Å²) in [5.41, 5.74) is 5.04. The van der Waals surface area contributed by atoms with Crippen molar-refractivity contribution in [3.05, 3.63) is 137 Å². The molecule has 0 fully saturated rings. The van der Waals surface area contributed by atoms with Crippen LogP contribution in [0.3, 0.4) is 0 Å². The minimum atomic E-state index is -0.182. The molecule has 0 aliphatic heterocycles. The van der Waals surface area contributed by atoms with Crippen molar-refractivity contribution in [1.29, 1.82) is 0 Å². The Bertz CT molecular complexity index is 1250. The summed E-state index contributed by atoms with van der Waals surface area (Å²) in [5.74, 6) is 0.279. The van der Waals surface area contributed by atoms with Crippen molar-refractivity contribution < 1.29 is 14.3 Å². The van der Waals surface area contributed by atoms with Gasteiger partial charge >= 0.3 is 0 Å². The van der Waals surface area contributed by atoms with Crippen LogP contribution in [0.1, 0.15) is 43.0 Å². The normalized spacial score (nSPS) is 10.5. The number of hydrogen-bond acceptors (Lipinski definition) is 3. The van der Waals surface area contributed by atoms with Gasteiger partial charge in [0.1, 0.15) is 18.6 Å². The molecule has 0 saturated heterocycles. The highest BCUT2D eigenvalue weighted by atomic mass is 16.5. The Morgan fingerprint density at radius 1 is 0.794 bits per heavy atom. The number of carbonyl (C=O) groups is 2. The molecule has 4 rings (SSSR count). The second-order valence-electron chi connectivity index (χ2n) is 8.22. The van der Waals surface area contributed by atoms with Crippen LogP contribution in [-0.2, 0) is 19.7 Å². The molecule has 170 valence electrons. The molecular formula is C30H27NO3. The van der Waals surface area contributed by atoms with E-state index >= 15 is 0 Å². The molecule has 0 radical (unpaired) electrons. The predicted octanol–water partition coefficient (Wildman–Crippen LogP) is 6.23. The molecule has 0 atom stereocenters. The fraction of sp³-hybridized carbons (Fsp3) is 0.133. The van der Waals surface area contributed by atoms with Crippen LogP contribution in [0.15, 0.2) is 103 Å². The molecule has 0 N–H and O–H groups in total. The van der Waals surface area contributed by atoms with Crippen LogP contribution < -0.4 is 4.74 Å². The van der Waals surface area contributed by atoms with Crippen molar-refractivity contribution in [2.45, 2.75) is 26.6 Å². The molecule has 0 heterocycles. The number of rotatable bonds is 9. The maximum Gasteiger partial charge on any atom is 0.258 e. The molecular weight excluding hydrogens is 422 g/mol. The van der Waals surface area contributed by atoms with E-state index in [1.807, 2.05) is 91.9 Å². The molecule has 0 saturated carbocycles. The number of ether oxygens (including phenoxy) is 1. The van der Waals surface area contributed by atoms with Gasteiger partial charge in [-0.2, -0.15) is 0 Å². The predicted molar refractivity (Wildman–Crippen MR) is 134 cm³/mol. The second-order valence-corrected chi connectivity index (χ2v) is 8.22. The summed E-state index contributed by atoms with van der Waals surface area (Å²) >= 11 is 0. The van der Waals surface area contributed by atoms with Crippen LogP contribution in [0.4, 0.5) is 0 Å². The first kappa shape index (κ1) is 23.0. The van der Waals surface area contributed by atoms with Crippen molar-refractivity contribution in [2.24, 2.45) is 0 Å². The number of aldehydes is 1. The molecule has 4 aromatic carbocycles. The van der Waals surface area contributed by atoms with E-state index in [1.54, 1.807) is 23.1 Å². The highest BCUT2D eigenvalue weighted by Crippen LogP contribution is 2.25. The molecule has 0 bridgehead atoms. The van der Waals surface area contributed by atoms with Gasteiger partial charge in [0.15, 0.2) is 0 Å². The van der Waals surface area contributed by atoms with Crippen LogP contribution in [0, 0.1) is 6.92 Å². The van der Waals surface area contributed by atoms with E-state index in [2.05, 4.69) is 0 Å². The molecule has 0 aliphatic carbocycles. The third-order valence-corrected chi connectivity index (χ3v) is 5.73. The first-order valence-electron chi connectivity index (χ1n) is 11.3. The smallest absolute Gasteiger partial charge is 0.258 e. The van der Waals surface area contributed by atoms with Crippen LogP contribution in [0.2, 0.25) is 0 Å². The van der Waals surface area contributed by atoms with Crippen molar-refractivity contribution >= 4 is 12.2 Å². The number of benzene rings is 4. The minimum absolute atomic E-state index is 0.182. The first-order valence-corrected chi connectivity index (χ1v) is 11.3. The van der Waals surface area contributed by atoms with Gasteiger partial charge in [-0.05, 0) is 47.4 Å². The summed E-state index contributed by atoms with van der Waals surface area (Å²) in [4.78, 5) is 27.2. The number of amides is 1. The van der Waals surface area contributed by atoms with Gasteiger partial charge in [0.2, 0.25) is 0 Å². The van der Waals surface area contributed by atoms with E-state index in [1.165, 1.54) is 0 Å². The van der Waals surface area contributed by atoms with Crippen LogP contribution in [0.5, 0.6) is 5.75 Å². The highest BCUT2D eigenvalue weighted by Gasteiger charge is 2.22. The van der Waals surface area contributed by atoms with E-state index in [-0.39, 0.29) is 5.91 Å². The average molecular weight is 450 g/mol. The van der Waals surface area contributed by atoms with Gasteiger partial charge in [0.25, 0.3) is 5.91 Å². The summed E-state index contributed by atoms with van der Waals surface area (Å²) < 4.78 is 6.05.